The minimum atomic E-state index is 0.857. The quantitative estimate of drug-likeness (QED) is 0.487. The van der Waals surface area contributed by atoms with E-state index in [1.54, 1.807) is 7.11 Å². The summed E-state index contributed by atoms with van der Waals surface area (Å²) in [6.45, 7) is 0.857. The predicted molar refractivity (Wildman–Crippen MR) is 38.1 cm³/mol. The van der Waals surface area contributed by atoms with E-state index in [0.717, 1.165) is 17.0 Å². The lowest BCUT2D eigenvalue weighted by Gasteiger charge is -1.92. The normalized spacial score (nSPS) is 9.43. The van der Waals surface area contributed by atoms with Gasteiger partial charge in [0, 0.05) is 17.5 Å². The van der Waals surface area contributed by atoms with Crippen molar-refractivity contribution in [3.8, 4) is 0 Å². The Morgan fingerprint density at radius 2 is 2.43 bits per heavy atom. The molecule has 0 aromatic heterocycles. The topological polar surface area (TPSA) is 9.23 Å². The van der Waals surface area contributed by atoms with E-state index in [9.17, 15) is 0 Å². The fourth-order valence-corrected chi connectivity index (χ4v) is 1.28. The predicted octanol–water partition coefficient (Wildman–Crippen LogP) is 1.72. The fourth-order valence-electron chi connectivity index (χ4n) is 0.197. The van der Waals surface area contributed by atoms with Crippen molar-refractivity contribution in [2.75, 3.05) is 24.1 Å². The molecule has 0 fully saturated rings. The molecule has 7 heavy (non-hydrogen) atoms. The van der Waals surface area contributed by atoms with Gasteiger partial charge in [0.25, 0.3) is 0 Å². The monoisotopic (exact) mass is 184 g/mol. The summed E-state index contributed by atoms with van der Waals surface area (Å²) in [5.74, 6) is 1.09. The van der Waals surface area contributed by atoms with Crippen LogP contribution in [0.4, 0.5) is 0 Å². The Morgan fingerprint density at radius 1 is 1.71 bits per heavy atom. The first-order chi connectivity index (χ1) is 3.41. The third-order valence-corrected chi connectivity index (χ3v) is 2.09. The first-order valence-corrected chi connectivity index (χ1v) is 4.32. The van der Waals surface area contributed by atoms with E-state index in [2.05, 4.69) is 15.9 Å². The molecular formula is C4H9BrOS. The van der Waals surface area contributed by atoms with E-state index in [1.807, 2.05) is 11.8 Å². The van der Waals surface area contributed by atoms with Crippen LogP contribution in [0.2, 0.25) is 0 Å². The Kier molecular flexibility index (Phi) is 7.56. The molecule has 0 radical (unpaired) electrons. The summed E-state index contributed by atoms with van der Waals surface area (Å²) in [6, 6.07) is 0. The molecule has 0 aliphatic carbocycles. The smallest absolute Gasteiger partial charge is 0.0553 e. The highest BCUT2D eigenvalue weighted by Gasteiger charge is 1.80. The number of thioether (sulfide) groups is 1. The van der Waals surface area contributed by atoms with Crippen molar-refractivity contribution >= 4 is 27.7 Å². The Labute approximate surface area is 56.9 Å². The number of halogens is 1. The summed E-state index contributed by atoms with van der Waals surface area (Å²) in [5.41, 5.74) is 0. The van der Waals surface area contributed by atoms with Gasteiger partial charge in [0.15, 0.2) is 0 Å². The maximum Gasteiger partial charge on any atom is 0.0553 e. The van der Waals surface area contributed by atoms with Crippen molar-refractivity contribution in [2.24, 2.45) is 0 Å². The van der Waals surface area contributed by atoms with Crippen molar-refractivity contribution in [3.05, 3.63) is 0 Å². The van der Waals surface area contributed by atoms with Gasteiger partial charge in [-0.3, -0.25) is 0 Å². The van der Waals surface area contributed by atoms with Crippen LogP contribution in [-0.2, 0) is 4.74 Å². The summed E-state index contributed by atoms with van der Waals surface area (Å²) < 4.78 is 5.81. The van der Waals surface area contributed by atoms with Gasteiger partial charge in [-0.1, -0.05) is 15.9 Å². The van der Waals surface area contributed by atoms with Crippen molar-refractivity contribution in [3.63, 3.8) is 0 Å². The van der Waals surface area contributed by atoms with Gasteiger partial charge in [0.2, 0.25) is 0 Å². The summed E-state index contributed by atoms with van der Waals surface area (Å²) in [7, 11) is 1.72. The van der Waals surface area contributed by atoms with Gasteiger partial charge in [0.05, 0.1) is 6.61 Å². The number of hydrogen-bond donors (Lipinski definition) is 0. The lowest BCUT2D eigenvalue weighted by molar-refractivity contribution is 0.219. The highest BCUT2D eigenvalue weighted by atomic mass is 79.9. The molecule has 0 N–H and O–H groups in total. The zero-order chi connectivity index (χ0) is 5.54. The van der Waals surface area contributed by atoms with Gasteiger partial charge in [-0.15, -0.1) is 11.8 Å². The molecule has 44 valence electrons. The van der Waals surface area contributed by atoms with Crippen molar-refractivity contribution < 1.29 is 4.74 Å². The number of methoxy groups -OCH3 is 1. The Bertz CT molecular complexity index is 30.9. The van der Waals surface area contributed by atoms with Gasteiger partial charge in [-0.2, -0.15) is 0 Å². The standard InChI is InChI=1S/C4H9BrOS/c1-6-2-3-7-4-5/h2-4H2,1H3. The minimum absolute atomic E-state index is 0.857. The zero-order valence-corrected chi connectivity index (χ0v) is 6.72. The van der Waals surface area contributed by atoms with Gasteiger partial charge < -0.3 is 4.74 Å². The van der Waals surface area contributed by atoms with Crippen LogP contribution in [0.5, 0.6) is 0 Å². The molecule has 0 heterocycles. The second kappa shape index (κ2) is 6.79. The van der Waals surface area contributed by atoms with Gasteiger partial charge in [-0.05, 0) is 0 Å². The van der Waals surface area contributed by atoms with Gasteiger partial charge >= 0.3 is 0 Å². The van der Waals surface area contributed by atoms with Crippen LogP contribution in [0, 0.1) is 0 Å². The van der Waals surface area contributed by atoms with Crippen LogP contribution in [0.25, 0.3) is 0 Å². The van der Waals surface area contributed by atoms with E-state index in [1.165, 1.54) is 0 Å². The lowest BCUT2D eigenvalue weighted by atomic mass is 10.9. The van der Waals surface area contributed by atoms with Crippen LogP contribution in [0.1, 0.15) is 0 Å². The molecule has 0 aromatic carbocycles. The highest BCUT2D eigenvalue weighted by Crippen LogP contribution is 2.02. The molecule has 3 heteroatoms. The van der Waals surface area contributed by atoms with Gasteiger partial charge in [-0.25, -0.2) is 0 Å². The van der Waals surface area contributed by atoms with E-state index < -0.39 is 0 Å². The molecule has 0 spiro atoms. The van der Waals surface area contributed by atoms with E-state index in [4.69, 9.17) is 4.74 Å². The van der Waals surface area contributed by atoms with Crippen LogP contribution < -0.4 is 0 Å². The average Bonchev–Trinajstić information content (AvgIpc) is 1.69. The fraction of sp³-hybridized carbons (Fsp3) is 1.00. The molecule has 0 saturated heterocycles. The maximum absolute atomic E-state index is 4.80. The van der Waals surface area contributed by atoms with E-state index >= 15 is 0 Å². The summed E-state index contributed by atoms with van der Waals surface area (Å²) in [6.07, 6.45) is 0. The molecule has 1 nitrogen and oxygen atoms in total. The molecule has 0 saturated carbocycles. The molecule has 0 aliphatic heterocycles. The second-order valence-electron chi connectivity index (χ2n) is 1.01. The summed E-state index contributed by atoms with van der Waals surface area (Å²) in [4.78, 5) is 0. The highest BCUT2D eigenvalue weighted by molar-refractivity contribution is 9.11. The molecule has 0 atom stereocenters. The van der Waals surface area contributed by atoms with Crippen molar-refractivity contribution in [1.82, 2.24) is 0 Å². The lowest BCUT2D eigenvalue weighted by Crippen LogP contribution is -1.89. The Morgan fingerprint density at radius 3 is 2.86 bits per heavy atom. The first kappa shape index (κ1) is 7.79. The third-order valence-electron chi connectivity index (χ3n) is 0.509. The molecule has 0 rings (SSSR count). The van der Waals surface area contributed by atoms with Crippen LogP contribution >= 0.6 is 27.7 Å². The molecular weight excluding hydrogens is 176 g/mol. The Hall–Kier alpha value is 0.790. The first-order valence-electron chi connectivity index (χ1n) is 2.04. The zero-order valence-electron chi connectivity index (χ0n) is 4.32. The van der Waals surface area contributed by atoms with E-state index in [-0.39, 0.29) is 0 Å². The summed E-state index contributed by atoms with van der Waals surface area (Å²) in [5, 5.41) is 0. The summed E-state index contributed by atoms with van der Waals surface area (Å²) >= 11 is 5.11. The number of rotatable bonds is 4. The van der Waals surface area contributed by atoms with Crippen LogP contribution in [0.15, 0.2) is 0 Å². The van der Waals surface area contributed by atoms with Crippen LogP contribution in [-0.4, -0.2) is 24.1 Å². The molecule has 0 unspecified atom stereocenters. The van der Waals surface area contributed by atoms with Gasteiger partial charge in [0.1, 0.15) is 0 Å². The molecule has 0 aliphatic rings. The molecule has 0 bridgehead atoms. The largest absolute Gasteiger partial charge is 0.384 e. The maximum atomic E-state index is 4.80. The number of alkyl halides is 1. The SMILES string of the molecule is COCCSCBr. The minimum Gasteiger partial charge on any atom is -0.384 e. The van der Waals surface area contributed by atoms with Crippen molar-refractivity contribution in [1.29, 1.82) is 0 Å². The van der Waals surface area contributed by atoms with E-state index in [0.29, 0.717) is 0 Å². The molecule has 0 amide bonds. The average molecular weight is 185 g/mol. The van der Waals surface area contributed by atoms with Crippen LogP contribution in [0.3, 0.4) is 0 Å². The second-order valence-corrected chi connectivity index (χ2v) is 3.42. The number of ether oxygens (including phenoxy) is 1. The Balaban J connectivity index is 2.45. The third kappa shape index (κ3) is 6.79. The number of hydrogen-bond acceptors (Lipinski definition) is 2. The van der Waals surface area contributed by atoms with Crippen molar-refractivity contribution in [2.45, 2.75) is 0 Å². The molecule has 0 aromatic rings.